The van der Waals surface area contributed by atoms with Crippen LogP contribution in [0.4, 0.5) is 5.69 Å². The molecular weight excluding hydrogens is 340 g/mol. The molecule has 2 aromatic rings. The minimum absolute atomic E-state index is 0.00106. The molecule has 7 heteroatoms. The molecule has 0 amide bonds. The van der Waals surface area contributed by atoms with Crippen molar-refractivity contribution in [3.8, 4) is 0 Å². The maximum atomic E-state index is 12.1. The molecule has 0 aliphatic rings. The maximum absolute atomic E-state index is 12.1. The molecule has 1 N–H and O–H groups in total. The molecule has 1 aromatic carbocycles. The molecule has 0 aliphatic heterocycles. The highest BCUT2D eigenvalue weighted by Gasteiger charge is 2.19. The van der Waals surface area contributed by atoms with Crippen LogP contribution in [-0.4, -0.2) is 13.4 Å². The summed E-state index contributed by atoms with van der Waals surface area (Å²) in [5.74, 6) is 0. The Bertz CT molecular complexity index is 662. The number of halogens is 2. The van der Waals surface area contributed by atoms with Crippen LogP contribution >= 0.6 is 27.5 Å². The van der Waals surface area contributed by atoms with Gasteiger partial charge in [0.15, 0.2) is 0 Å². The molecule has 94 valence electrons. The molecule has 1 heterocycles. The van der Waals surface area contributed by atoms with E-state index >= 15 is 0 Å². The van der Waals surface area contributed by atoms with Crippen molar-refractivity contribution >= 4 is 43.2 Å². The van der Waals surface area contributed by atoms with Gasteiger partial charge in [0.25, 0.3) is 10.0 Å². The highest BCUT2D eigenvalue weighted by molar-refractivity contribution is 9.10. The first-order valence-corrected chi connectivity index (χ1v) is 7.53. The van der Waals surface area contributed by atoms with E-state index in [1.807, 2.05) is 0 Å². The van der Waals surface area contributed by atoms with Crippen molar-refractivity contribution in [3.63, 3.8) is 0 Å². The van der Waals surface area contributed by atoms with Crippen molar-refractivity contribution < 1.29 is 8.42 Å². The molecule has 0 spiro atoms. The molecule has 0 aliphatic carbocycles. The minimum Gasteiger partial charge on any atom is -0.280 e. The Hall–Kier alpha value is -1.11. The Labute approximate surface area is 118 Å². The van der Waals surface area contributed by atoms with Crippen LogP contribution in [0.5, 0.6) is 0 Å². The quantitative estimate of drug-likeness (QED) is 0.867. The second-order valence-electron chi connectivity index (χ2n) is 3.41. The average Bonchev–Trinajstić information content (AvgIpc) is 2.33. The summed E-state index contributed by atoms with van der Waals surface area (Å²) in [7, 11) is -3.71. The third-order valence-corrected chi connectivity index (χ3v) is 4.58. The molecule has 18 heavy (non-hydrogen) atoms. The van der Waals surface area contributed by atoms with Gasteiger partial charge in [-0.15, -0.1) is 0 Å². The van der Waals surface area contributed by atoms with E-state index in [1.54, 1.807) is 30.3 Å². The largest absolute Gasteiger partial charge is 0.280 e. The van der Waals surface area contributed by atoms with Crippen LogP contribution in [0.25, 0.3) is 0 Å². The zero-order valence-electron chi connectivity index (χ0n) is 8.97. The first-order chi connectivity index (χ1) is 8.49. The first-order valence-electron chi connectivity index (χ1n) is 4.88. The van der Waals surface area contributed by atoms with E-state index in [9.17, 15) is 8.42 Å². The highest BCUT2D eigenvalue weighted by atomic mass is 79.9. The lowest BCUT2D eigenvalue weighted by Crippen LogP contribution is -2.14. The Morgan fingerprint density at radius 1 is 1.22 bits per heavy atom. The van der Waals surface area contributed by atoms with Gasteiger partial charge in [-0.05, 0) is 34.1 Å². The minimum atomic E-state index is -3.71. The van der Waals surface area contributed by atoms with Crippen LogP contribution in [-0.2, 0) is 10.0 Å². The number of hydrogen-bond acceptors (Lipinski definition) is 3. The number of nitrogens with one attached hydrogen (secondary N) is 1. The molecule has 0 saturated heterocycles. The number of para-hydroxylation sites is 1. The summed E-state index contributed by atoms with van der Waals surface area (Å²) in [6.07, 6.45) is 1.37. The van der Waals surface area contributed by atoms with E-state index in [2.05, 4.69) is 25.6 Å². The number of nitrogens with zero attached hydrogens (tertiary/aromatic N) is 1. The summed E-state index contributed by atoms with van der Waals surface area (Å²) < 4.78 is 26.9. The van der Waals surface area contributed by atoms with Gasteiger partial charge in [0, 0.05) is 11.9 Å². The monoisotopic (exact) mass is 346 g/mol. The Balaban J connectivity index is 2.40. The number of pyridine rings is 1. The lowest BCUT2D eigenvalue weighted by Gasteiger charge is -2.09. The number of anilines is 1. The molecule has 0 fully saturated rings. The predicted molar refractivity (Wildman–Crippen MR) is 74.2 cm³/mol. The van der Waals surface area contributed by atoms with Crippen LogP contribution in [0, 0.1) is 0 Å². The van der Waals surface area contributed by atoms with Gasteiger partial charge in [-0.2, -0.15) is 0 Å². The standard InChI is InChI=1S/C11H8BrClN2O2S/c12-11-10(6-8(13)7-14-11)18(16,17)15-9-4-2-1-3-5-9/h1-7,15H. The summed E-state index contributed by atoms with van der Waals surface area (Å²) in [5, 5.41) is 0.256. The van der Waals surface area contributed by atoms with E-state index in [-0.39, 0.29) is 14.5 Å². The van der Waals surface area contributed by atoms with Gasteiger partial charge in [0.2, 0.25) is 0 Å². The van der Waals surface area contributed by atoms with Gasteiger partial charge in [0.05, 0.1) is 5.02 Å². The summed E-state index contributed by atoms with van der Waals surface area (Å²) in [6, 6.07) is 9.93. The number of hydrogen-bond donors (Lipinski definition) is 1. The third kappa shape index (κ3) is 3.01. The average molecular weight is 348 g/mol. The number of aromatic nitrogens is 1. The second kappa shape index (κ2) is 5.26. The number of sulfonamides is 1. The third-order valence-electron chi connectivity index (χ3n) is 2.09. The normalized spacial score (nSPS) is 11.2. The summed E-state index contributed by atoms with van der Waals surface area (Å²) >= 11 is 8.84. The number of rotatable bonds is 3. The van der Waals surface area contributed by atoms with Crippen molar-refractivity contribution in [2.24, 2.45) is 0 Å². The highest BCUT2D eigenvalue weighted by Crippen LogP contribution is 2.24. The molecule has 0 saturated carbocycles. The van der Waals surface area contributed by atoms with E-state index in [0.717, 1.165) is 0 Å². The molecule has 0 radical (unpaired) electrons. The molecule has 0 bridgehead atoms. The van der Waals surface area contributed by atoms with Crippen LogP contribution in [0.2, 0.25) is 5.02 Å². The number of benzene rings is 1. The molecule has 1 aromatic heterocycles. The van der Waals surface area contributed by atoms with Gasteiger partial charge in [-0.1, -0.05) is 29.8 Å². The van der Waals surface area contributed by atoms with Gasteiger partial charge < -0.3 is 0 Å². The molecule has 4 nitrogen and oxygen atoms in total. The van der Waals surface area contributed by atoms with Crippen LogP contribution in [0.3, 0.4) is 0 Å². The van der Waals surface area contributed by atoms with Gasteiger partial charge in [0.1, 0.15) is 9.50 Å². The summed E-state index contributed by atoms with van der Waals surface area (Å²) in [4.78, 5) is 3.85. The Morgan fingerprint density at radius 2 is 1.89 bits per heavy atom. The van der Waals surface area contributed by atoms with Crippen LogP contribution in [0.1, 0.15) is 0 Å². The second-order valence-corrected chi connectivity index (χ2v) is 6.25. The fraction of sp³-hybridized carbons (Fsp3) is 0. The SMILES string of the molecule is O=S(=O)(Nc1ccccc1)c1cc(Cl)cnc1Br. The summed E-state index contributed by atoms with van der Waals surface area (Å²) in [6.45, 7) is 0. The molecule has 2 rings (SSSR count). The lowest BCUT2D eigenvalue weighted by atomic mass is 10.3. The summed E-state index contributed by atoms with van der Waals surface area (Å²) in [5.41, 5.74) is 0.476. The van der Waals surface area contributed by atoms with Crippen molar-refractivity contribution in [1.29, 1.82) is 0 Å². The first kappa shape index (κ1) is 13.3. The van der Waals surface area contributed by atoms with E-state index < -0.39 is 10.0 Å². The van der Waals surface area contributed by atoms with Crippen molar-refractivity contribution in [3.05, 3.63) is 52.2 Å². The fourth-order valence-electron chi connectivity index (χ4n) is 1.31. The van der Waals surface area contributed by atoms with E-state index in [0.29, 0.717) is 5.69 Å². The predicted octanol–water partition coefficient (Wildman–Crippen LogP) is 3.30. The van der Waals surface area contributed by atoms with Crippen LogP contribution < -0.4 is 4.72 Å². The molecule has 0 unspecified atom stereocenters. The van der Waals surface area contributed by atoms with E-state index in [1.165, 1.54) is 12.3 Å². The van der Waals surface area contributed by atoms with Gasteiger partial charge in [-0.3, -0.25) is 4.72 Å². The zero-order chi connectivity index (χ0) is 13.2. The lowest BCUT2D eigenvalue weighted by molar-refractivity contribution is 0.600. The zero-order valence-corrected chi connectivity index (χ0v) is 12.1. The Kier molecular flexibility index (Phi) is 3.89. The molecule has 0 atom stereocenters. The van der Waals surface area contributed by atoms with Crippen molar-refractivity contribution in [2.45, 2.75) is 4.90 Å². The van der Waals surface area contributed by atoms with Gasteiger partial charge >= 0.3 is 0 Å². The fourth-order valence-corrected chi connectivity index (χ4v) is 3.50. The van der Waals surface area contributed by atoms with Crippen LogP contribution in [0.15, 0.2) is 52.1 Å². The Morgan fingerprint density at radius 3 is 2.56 bits per heavy atom. The molecular formula is C11H8BrClN2O2S. The van der Waals surface area contributed by atoms with E-state index in [4.69, 9.17) is 11.6 Å². The van der Waals surface area contributed by atoms with Crippen molar-refractivity contribution in [2.75, 3.05) is 4.72 Å². The smallest absolute Gasteiger partial charge is 0.264 e. The maximum Gasteiger partial charge on any atom is 0.264 e. The van der Waals surface area contributed by atoms with Gasteiger partial charge in [-0.25, -0.2) is 13.4 Å². The topological polar surface area (TPSA) is 59.1 Å². The van der Waals surface area contributed by atoms with Crippen molar-refractivity contribution in [1.82, 2.24) is 4.98 Å².